The SMILES string of the molecule is O=S(=O)(c1ccccn1)N1CCC(Nc2ncc(C(F)(F)F)c(-c3cn[nH]c3)n2)CC1. The van der Waals surface area contributed by atoms with Gasteiger partial charge in [-0.1, -0.05) is 6.07 Å². The van der Waals surface area contributed by atoms with Crippen LogP contribution in [0.3, 0.4) is 0 Å². The Labute approximate surface area is 175 Å². The fourth-order valence-corrected chi connectivity index (χ4v) is 4.71. The van der Waals surface area contributed by atoms with E-state index in [0.29, 0.717) is 12.8 Å². The first-order chi connectivity index (χ1) is 14.7. The predicted molar refractivity (Wildman–Crippen MR) is 104 cm³/mol. The monoisotopic (exact) mass is 453 g/mol. The second-order valence-electron chi connectivity index (χ2n) is 6.93. The lowest BCUT2D eigenvalue weighted by atomic mass is 10.1. The molecule has 9 nitrogen and oxygen atoms in total. The van der Waals surface area contributed by atoms with Gasteiger partial charge in [-0.15, -0.1) is 0 Å². The van der Waals surface area contributed by atoms with Gasteiger partial charge in [0.25, 0.3) is 10.0 Å². The number of nitrogens with zero attached hydrogens (tertiary/aromatic N) is 5. The lowest BCUT2D eigenvalue weighted by Crippen LogP contribution is -2.42. The zero-order chi connectivity index (χ0) is 22.1. The average Bonchev–Trinajstić information content (AvgIpc) is 3.29. The number of piperidine rings is 1. The summed E-state index contributed by atoms with van der Waals surface area (Å²) in [7, 11) is -3.69. The third kappa shape index (κ3) is 4.51. The van der Waals surface area contributed by atoms with Gasteiger partial charge in [0.1, 0.15) is 5.56 Å². The van der Waals surface area contributed by atoms with E-state index in [0.717, 1.165) is 6.20 Å². The van der Waals surface area contributed by atoms with Crippen LogP contribution in [0.2, 0.25) is 0 Å². The molecule has 3 aromatic rings. The van der Waals surface area contributed by atoms with Gasteiger partial charge in [-0.3, -0.25) is 5.10 Å². The van der Waals surface area contributed by atoms with Gasteiger partial charge in [0.15, 0.2) is 5.03 Å². The van der Waals surface area contributed by atoms with Gasteiger partial charge in [0.05, 0.1) is 11.9 Å². The lowest BCUT2D eigenvalue weighted by Gasteiger charge is -2.31. The zero-order valence-electron chi connectivity index (χ0n) is 16.0. The summed E-state index contributed by atoms with van der Waals surface area (Å²) in [6, 6.07) is 4.49. The highest BCUT2D eigenvalue weighted by molar-refractivity contribution is 7.89. The molecule has 0 unspecified atom stereocenters. The van der Waals surface area contributed by atoms with Crippen LogP contribution in [0.25, 0.3) is 11.3 Å². The maximum atomic E-state index is 13.3. The Morgan fingerprint density at radius 3 is 2.52 bits per heavy atom. The van der Waals surface area contributed by atoms with Crippen molar-refractivity contribution >= 4 is 16.0 Å². The van der Waals surface area contributed by atoms with E-state index >= 15 is 0 Å². The van der Waals surface area contributed by atoms with E-state index in [1.165, 1.54) is 29.0 Å². The Bertz CT molecular complexity index is 1130. The number of pyridine rings is 1. The minimum Gasteiger partial charge on any atom is -0.351 e. The van der Waals surface area contributed by atoms with Crippen LogP contribution in [0.15, 0.2) is 48.0 Å². The van der Waals surface area contributed by atoms with Gasteiger partial charge in [0, 0.05) is 43.3 Å². The van der Waals surface area contributed by atoms with E-state index in [-0.39, 0.29) is 41.4 Å². The van der Waals surface area contributed by atoms with Crippen molar-refractivity contribution in [1.82, 2.24) is 29.5 Å². The number of H-pyrrole nitrogens is 1. The molecular formula is C18H18F3N7O2S. The highest BCUT2D eigenvalue weighted by atomic mass is 32.2. The first kappa shape index (κ1) is 21.2. The Morgan fingerprint density at radius 2 is 1.90 bits per heavy atom. The number of alkyl halides is 3. The number of nitrogens with one attached hydrogen (secondary N) is 2. The molecule has 0 atom stereocenters. The van der Waals surface area contributed by atoms with E-state index in [9.17, 15) is 21.6 Å². The van der Waals surface area contributed by atoms with Crippen LogP contribution in [0.5, 0.6) is 0 Å². The molecule has 1 aliphatic rings. The molecule has 4 heterocycles. The van der Waals surface area contributed by atoms with E-state index in [2.05, 4.69) is 30.5 Å². The van der Waals surface area contributed by atoms with Crippen LogP contribution >= 0.6 is 0 Å². The largest absolute Gasteiger partial charge is 0.419 e. The number of aromatic nitrogens is 5. The average molecular weight is 453 g/mol. The van der Waals surface area contributed by atoms with Gasteiger partial charge in [-0.25, -0.2) is 23.4 Å². The van der Waals surface area contributed by atoms with Crippen LogP contribution in [-0.2, 0) is 16.2 Å². The molecule has 0 aliphatic carbocycles. The normalized spacial score (nSPS) is 16.4. The van der Waals surface area contributed by atoms with Crippen molar-refractivity contribution in [3.63, 3.8) is 0 Å². The Morgan fingerprint density at radius 1 is 1.13 bits per heavy atom. The molecule has 0 spiro atoms. The Balaban J connectivity index is 1.47. The molecule has 2 N–H and O–H groups in total. The Kier molecular flexibility index (Phi) is 5.62. The zero-order valence-corrected chi connectivity index (χ0v) is 16.9. The van der Waals surface area contributed by atoms with Crippen molar-refractivity contribution in [3.8, 4) is 11.3 Å². The fraction of sp³-hybridized carbons (Fsp3) is 0.333. The number of aromatic amines is 1. The van der Waals surface area contributed by atoms with Crippen LogP contribution in [0.4, 0.5) is 19.1 Å². The van der Waals surface area contributed by atoms with Gasteiger partial charge >= 0.3 is 6.18 Å². The topological polar surface area (TPSA) is 117 Å². The highest BCUT2D eigenvalue weighted by Crippen LogP contribution is 2.35. The van der Waals surface area contributed by atoms with Crippen molar-refractivity contribution < 1.29 is 21.6 Å². The first-order valence-corrected chi connectivity index (χ1v) is 10.8. The van der Waals surface area contributed by atoms with Crippen molar-refractivity contribution in [1.29, 1.82) is 0 Å². The number of rotatable bonds is 5. The van der Waals surface area contributed by atoms with Crippen molar-refractivity contribution in [2.24, 2.45) is 0 Å². The summed E-state index contributed by atoms with van der Waals surface area (Å²) in [5.74, 6) is 0.0373. The van der Waals surface area contributed by atoms with Crippen molar-refractivity contribution in [3.05, 3.63) is 48.5 Å². The second kappa shape index (κ2) is 8.23. The number of hydrogen-bond donors (Lipinski definition) is 2. The summed E-state index contributed by atoms with van der Waals surface area (Å²) in [4.78, 5) is 11.8. The van der Waals surface area contributed by atoms with Crippen molar-refractivity contribution in [2.75, 3.05) is 18.4 Å². The molecule has 4 rings (SSSR count). The Hall–Kier alpha value is -3.06. The molecule has 13 heteroatoms. The van der Waals surface area contributed by atoms with E-state index in [1.807, 2.05) is 0 Å². The third-order valence-electron chi connectivity index (χ3n) is 4.89. The quantitative estimate of drug-likeness (QED) is 0.610. The molecular weight excluding hydrogens is 435 g/mol. The van der Waals surface area contributed by atoms with Crippen LogP contribution in [-0.4, -0.2) is 57.0 Å². The summed E-state index contributed by atoms with van der Waals surface area (Å²) in [5.41, 5.74) is -1.06. The number of hydrogen-bond acceptors (Lipinski definition) is 7. The maximum Gasteiger partial charge on any atom is 0.419 e. The molecule has 1 fully saturated rings. The van der Waals surface area contributed by atoms with Crippen molar-refractivity contribution in [2.45, 2.75) is 30.1 Å². The molecule has 1 aliphatic heterocycles. The second-order valence-corrected chi connectivity index (χ2v) is 8.82. The number of halogens is 3. The van der Waals surface area contributed by atoms with Gasteiger partial charge in [-0.05, 0) is 25.0 Å². The summed E-state index contributed by atoms with van der Waals surface area (Å²) in [5, 5.41) is 9.16. The summed E-state index contributed by atoms with van der Waals surface area (Å²) >= 11 is 0. The number of anilines is 1. The molecule has 3 aromatic heterocycles. The predicted octanol–water partition coefficient (Wildman–Crippen LogP) is 2.55. The van der Waals surface area contributed by atoms with Gasteiger partial charge < -0.3 is 5.32 Å². The number of sulfonamides is 1. The minimum absolute atomic E-state index is 0.0164. The van der Waals surface area contributed by atoms with Gasteiger partial charge in [0.2, 0.25) is 5.95 Å². The molecule has 0 bridgehead atoms. The van der Waals surface area contributed by atoms with E-state index in [1.54, 1.807) is 12.1 Å². The molecule has 164 valence electrons. The van der Waals surface area contributed by atoms with Crippen LogP contribution in [0, 0.1) is 0 Å². The molecule has 31 heavy (non-hydrogen) atoms. The van der Waals surface area contributed by atoms with E-state index in [4.69, 9.17) is 0 Å². The maximum absolute atomic E-state index is 13.3. The molecule has 0 aromatic carbocycles. The summed E-state index contributed by atoms with van der Waals surface area (Å²) < 4.78 is 66.7. The molecule has 1 saturated heterocycles. The molecule has 0 radical (unpaired) electrons. The van der Waals surface area contributed by atoms with Crippen LogP contribution < -0.4 is 5.32 Å². The van der Waals surface area contributed by atoms with Crippen LogP contribution in [0.1, 0.15) is 18.4 Å². The molecule has 0 saturated carbocycles. The summed E-state index contributed by atoms with van der Waals surface area (Å²) in [6.45, 7) is 0.484. The molecule has 0 amide bonds. The lowest BCUT2D eigenvalue weighted by molar-refractivity contribution is -0.137. The van der Waals surface area contributed by atoms with Gasteiger partial charge in [-0.2, -0.15) is 22.6 Å². The highest BCUT2D eigenvalue weighted by Gasteiger charge is 2.36. The summed E-state index contributed by atoms with van der Waals surface area (Å²) in [6.07, 6.45) is 0.995. The fourth-order valence-electron chi connectivity index (χ4n) is 3.31. The standard InChI is InChI=1S/C18H18F3N7O2S/c19-18(20,21)14-11-23-17(27-16(14)12-9-24-25-10-12)26-13-4-7-28(8-5-13)31(29,30)15-3-1-2-6-22-15/h1-3,6,9-11,13H,4-5,7-8H2,(H,24,25)(H,23,26,27). The third-order valence-corrected chi connectivity index (χ3v) is 6.71. The first-order valence-electron chi connectivity index (χ1n) is 9.36. The van der Waals surface area contributed by atoms with E-state index < -0.39 is 21.8 Å². The minimum atomic E-state index is -4.61. The smallest absolute Gasteiger partial charge is 0.351 e.